The Morgan fingerprint density at radius 2 is 1.83 bits per heavy atom. The number of aryl methyl sites for hydroxylation is 1. The van der Waals surface area contributed by atoms with Crippen molar-refractivity contribution in [2.45, 2.75) is 71.9 Å². The maximum atomic E-state index is 14.3. The van der Waals surface area contributed by atoms with Gasteiger partial charge in [0.25, 0.3) is 0 Å². The van der Waals surface area contributed by atoms with Crippen LogP contribution in [0.25, 0.3) is 22.2 Å². The molecule has 2 bridgehead atoms. The Morgan fingerprint density at radius 3 is 2.55 bits per heavy atom. The first-order valence-electron chi connectivity index (χ1n) is 17.0. The number of carbonyl (C=O) groups excluding carboxylic acids is 4. The number of pyridine rings is 2. The number of hydrogen-bond donors (Lipinski definition) is 2. The third kappa shape index (κ3) is 6.88. The lowest BCUT2D eigenvalue weighted by atomic mass is 9.91. The molecule has 0 aromatic carbocycles. The third-order valence-corrected chi connectivity index (χ3v) is 10.0. The second-order valence-corrected chi connectivity index (χ2v) is 14.3. The Bertz CT molecular complexity index is 2180. The molecule has 0 unspecified atom stereocenters. The summed E-state index contributed by atoms with van der Waals surface area (Å²) in [5, 5.41) is 10.4. The summed E-state index contributed by atoms with van der Waals surface area (Å²) in [6, 6.07) is 2.09. The second-order valence-electron chi connectivity index (χ2n) is 14.3. The van der Waals surface area contributed by atoms with Crippen LogP contribution >= 0.6 is 0 Å². The normalized spacial score (nSPS) is 23.5. The van der Waals surface area contributed by atoms with Gasteiger partial charge in [-0.15, -0.1) is 0 Å². The van der Waals surface area contributed by atoms with E-state index in [2.05, 4.69) is 35.7 Å². The molecule has 6 heterocycles. The lowest BCUT2D eigenvalue weighted by molar-refractivity contribution is -0.141. The summed E-state index contributed by atoms with van der Waals surface area (Å²) in [6.45, 7) is 6.23. The number of rotatable bonds is 4. The van der Waals surface area contributed by atoms with E-state index in [0.29, 0.717) is 34.4 Å². The molecule has 14 nitrogen and oxygen atoms in total. The van der Waals surface area contributed by atoms with Crippen LogP contribution in [0.5, 0.6) is 0 Å². The van der Waals surface area contributed by atoms with Crippen LogP contribution in [0.3, 0.4) is 0 Å². The number of ether oxygens (including phenoxy) is 1. The van der Waals surface area contributed by atoms with Gasteiger partial charge in [-0.3, -0.25) is 28.8 Å². The summed E-state index contributed by atoms with van der Waals surface area (Å²) >= 11 is 0. The van der Waals surface area contributed by atoms with Crippen molar-refractivity contribution in [1.29, 1.82) is 0 Å². The Morgan fingerprint density at radius 1 is 1.08 bits per heavy atom. The largest absolute Gasteiger partial charge is 0.433 e. The molecule has 2 fully saturated rings. The lowest BCUT2D eigenvalue weighted by Crippen LogP contribution is -2.47. The standard InChI is InChI=1S/C36H36F3N9O5/c1-19(49)30-23-10-24(22-13-40-20(2)41-14-22)42-15-26(23)47(46-30)16-29(50)48-25-11-35(12-28(35)48)18-43-33(52)34(3,4)8-5-9-53-17-21-6-7-27(36(37,38)39)44-31(21)45-32(25)51/h5-8,10,13-15,25,28H,9,11-12,16-18H2,1-4H3,(H,43,52)(H,44,45,51)/b8-5+/t25-,28+,35-/m0/s1. The van der Waals surface area contributed by atoms with Gasteiger partial charge in [-0.1, -0.05) is 18.2 Å². The molecule has 1 saturated heterocycles. The number of anilines is 1. The van der Waals surface area contributed by atoms with Gasteiger partial charge in [-0.05, 0) is 45.7 Å². The minimum atomic E-state index is -4.78. The van der Waals surface area contributed by atoms with Crippen molar-refractivity contribution in [3.05, 3.63) is 71.7 Å². The molecule has 3 aliphatic rings. The van der Waals surface area contributed by atoms with Gasteiger partial charge in [-0.25, -0.2) is 15.0 Å². The number of halogens is 3. The first-order chi connectivity index (χ1) is 25.1. The number of nitrogens with zero attached hydrogens (tertiary/aromatic N) is 7. The molecule has 1 spiro atoms. The summed E-state index contributed by atoms with van der Waals surface area (Å²) in [5.41, 5.74) is -0.962. The van der Waals surface area contributed by atoms with Crippen LogP contribution in [-0.4, -0.2) is 83.4 Å². The summed E-state index contributed by atoms with van der Waals surface area (Å²) < 4.78 is 48.1. The highest BCUT2D eigenvalue weighted by atomic mass is 19.4. The second kappa shape index (κ2) is 13.1. The van der Waals surface area contributed by atoms with E-state index >= 15 is 0 Å². The number of piperidine rings is 1. The van der Waals surface area contributed by atoms with Crippen LogP contribution in [-0.2, 0) is 38.4 Å². The monoisotopic (exact) mass is 731 g/mol. The molecular weight excluding hydrogens is 695 g/mol. The van der Waals surface area contributed by atoms with Crippen LogP contribution in [0.1, 0.15) is 61.2 Å². The van der Waals surface area contributed by atoms with Gasteiger partial charge in [0, 0.05) is 53.8 Å². The van der Waals surface area contributed by atoms with Gasteiger partial charge in [-0.2, -0.15) is 18.3 Å². The maximum Gasteiger partial charge on any atom is 0.433 e. The number of Topliss-reactive ketones (excluding diaryl/α,β-unsaturated/α-hetero) is 1. The van der Waals surface area contributed by atoms with Gasteiger partial charge in [0.2, 0.25) is 17.7 Å². The zero-order valence-corrected chi connectivity index (χ0v) is 29.3. The van der Waals surface area contributed by atoms with Crippen molar-refractivity contribution >= 4 is 40.2 Å². The molecule has 53 heavy (non-hydrogen) atoms. The molecule has 1 saturated carbocycles. The fourth-order valence-corrected chi connectivity index (χ4v) is 7.02. The van der Waals surface area contributed by atoms with Gasteiger partial charge >= 0.3 is 6.18 Å². The van der Waals surface area contributed by atoms with E-state index in [1.54, 1.807) is 51.4 Å². The highest BCUT2D eigenvalue weighted by molar-refractivity contribution is 6.06. The first kappa shape index (κ1) is 35.8. The van der Waals surface area contributed by atoms with Gasteiger partial charge < -0.3 is 20.3 Å². The Hall–Kier alpha value is -5.58. The number of amides is 3. The molecule has 0 radical (unpaired) electrons. The fourth-order valence-electron chi connectivity index (χ4n) is 7.02. The molecule has 3 atom stereocenters. The number of aromatic nitrogens is 6. The van der Waals surface area contributed by atoms with Crippen molar-refractivity contribution in [2.24, 2.45) is 10.8 Å². The van der Waals surface area contributed by atoms with E-state index < -0.39 is 46.6 Å². The average Bonchev–Trinajstić information content (AvgIpc) is 3.52. The van der Waals surface area contributed by atoms with Crippen LogP contribution in [0.15, 0.2) is 48.9 Å². The number of ketones is 1. The molecule has 3 amide bonds. The van der Waals surface area contributed by atoms with Crippen molar-refractivity contribution < 1.29 is 37.1 Å². The van der Waals surface area contributed by atoms with Crippen molar-refractivity contribution in [3.63, 3.8) is 0 Å². The van der Waals surface area contributed by atoms with E-state index in [9.17, 15) is 32.3 Å². The number of nitrogens with one attached hydrogen (secondary N) is 2. The van der Waals surface area contributed by atoms with E-state index in [1.165, 1.54) is 28.8 Å². The summed E-state index contributed by atoms with van der Waals surface area (Å²) in [4.78, 5) is 72.4. The molecule has 2 aliphatic heterocycles. The topological polar surface area (TPSA) is 174 Å². The zero-order chi connectivity index (χ0) is 37.9. The van der Waals surface area contributed by atoms with Gasteiger partial charge in [0.1, 0.15) is 35.6 Å². The highest BCUT2D eigenvalue weighted by Crippen LogP contribution is 2.59. The molecule has 7 rings (SSSR count). The number of likely N-dealkylation sites (tertiary alicyclic amines) is 1. The van der Waals surface area contributed by atoms with Gasteiger partial charge in [0.15, 0.2) is 5.78 Å². The molecule has 276 valence electrons. The van der Waals surface area contributed by atoms with Crippen LogP contribution in [0.4, 0.5) is 19.0 Å². The van der Waals surface area contributed by atoms with Crippen molar-refractivity contribution in [3.8, 4) is 11.3 Å². The lowest BCUT2D eigenvalue weighted by Gasteiger charge is -2.27. The molecule has 4 aromatic rings. The summed E-state index contributed by atoms with van der Waals surface area (Å²) in [6.07, 6.45) is 3.89. The smallest absolute Gasteiger partial charge is 0.373 e. The number of fused-ring (bicyclic) bond motifs is 3. The SMILES string of the molecule is CC(=O)c1nn(CC(=O)N2[C@H]3C[C@@]4(CNC(=O)C(C)(C)/C=C/COCc5ccc(C(F)(F)F)nc5NC3=O)C[C@@H]24)c2cnc(-c3cnc(C)nc3)cc12. The van der Waals surface area contributed by atoms with Crippen LogP contribution in [0, 0.1) is 17.8 Å². The molecule has 4 aromatic heterocycles. The highest BCUT2D eigenvalue weighted by Gasteiger charge is 2.67. The number of alkyl halides is 3. The van der Waals surface area contributed by atoms with E-state index in [1.807, 2.05) is 0 Å². The van der Waals surface area contributed by atoms with E-state index in [0.717, 1.165) is 6.07 Å². The van der Waals surface area contributed by atoms with Crippen molar-refractivity contribution in [2.75, 3.05) is 18.5 Å². The minimum absolute atomic E-state index is 0.0483. The predicted molar refractivity (Wildman–Crippen MR) is 183 cm³/mol. The first-order valence-corrected chi connectivity index (χ1v) is 17.0. The van der Waals surface area contributed by atoms with Crippen LogP contribution in [0.2, 0.25) is 0 Å². The van der Waals surface area contributed by atoms with E-state index in [-0.39, 0.29) is 61.5 Å². The average molecular weight is 732 g/mol. The molecule has 2 N–H and O–H groups in total. The van der Waals surface area contributed by atoms with Gasteiger partial charge in [0.05, 0.1) is 36.0 Å². The summed E-state index contributed by atoms with van der Waals surface area (Å²) in [7, 11) is 0. The Balaban J connectivity index is 1.23. The third-order valence-electron chi connectivity index (χ3n) is 10.0. The minimum Gasteiger partial charge on any atom is -0.373 e. The predicted octanol–water partition coefficient (Wildman–Crippen LogP) is 4.04. The number of hydrogen-bond acceptors (Lipinski definition) is 10. The Kier molecular flexibility index (Phi) is 8.87. The van der Waals surface area contributed by atoms with E-state index in [4.69, 9.17) is 4.74 Å². The quantitative estimate of drug-likeness (QED) is 0.230. The van der Waals surface area contributed by atoms with Crippen LogP contribution < -0.4 is 10.6 Å². The molecular formula is C36H36F3N9O5. The van der Waals surface area contributed by atoms with Crippen molar-refractivity contribution in [1.82, 2.24) is 39.9 Å². The molecule has 17 heteroatoms. The molecule has 1 aliphatic carbocycles. The maximum absolute atomic E-state index is 14.3. The zero-order valence-electron chi connectivity index (χ0n) is 29.3. The Labute approximate surface area is 301 Å². The number of carbonyl (C=O) groups is 4. The fraction of sp³-hybridized carbons (Fsp3) is 0.417. The summed E-state index contributed by atoms with van der Waals surface area (Å²) in [5.74, 6) is -1.61.